The fourth-order valence-electron chi connectivity index (χ4n) is 5.04. The number of carbonyl (C=O) groups excluding carboxylic acids is 1. The van der Waals surface area contributed by atoms with Crippen LogP contribution in [0.2, 0.25) is 16.6 Å². The van der Waals surface area contributed by atoms with Crippen LogP contribution in [0.5, 0.6) is 0 Å². The molecule has 0 bridgehead atoms. The molecule has 1 aliphatic rings. The molecule has 1 amide bonds. The van der Waals surface area contributed by atoms with Crippen molar-refractivity contribution in [2.24, 2.45) is 5.92 Å². The summed E-state index contributed by atoms with van der Waals surface area (Å²) in [6.45, 7) is 16.0. The predicted octanol–water partition coefficient (Wildman–Crippen LogP) is 5.90. The fourth-order valence-corrected chi connectivity index (χ4v) is 10.3. The van der Waals surface area contributed by atoms with E-state index in [0.717, 1.165) is 25.0 Å². The molecule has 2 atom stereocenters. The van der Waals surface area contributed by atoms with Gasteiger partial charge in [-0.25, -0.2) is 4.98 Å². The van der Waals surface area contributed by atoms with Crippen molar-refractivity contribution in [2.45, 2.75) is 96.8 Å². The van der Waals surface area contributed by atoms with Crippen LogP contribution in [0.3, 0.4) is 0 Å². The summed E-state index contributed by atoms with van der Waals surface area (Å²) in [5, 5.41) is 3.25. The molecule has 0 aliphatic heterocycles. The molecule has 1 aromatic rings. The number of rotatable bonds is 5. The summed E-state index contributed by atoms with van der Waals surface area (Å²) in [7, 11) is -1.74. The first kappa shape index (κ1) is 22.7. The smallest absolute Gasteiger partial charge is 0.270 e. The number of hydrogen-bond acceptors (Lipinski definition) is 2. The van der Waals surface area contributed by atoms with Gasteiger partial charge in [0.15, 0.2) is 0 Å². The molecule has 3 nitrogen and oxygen atoms in total. The Morgan fingerprint density at radius 3 is 2.25 bits per heavy atom. The Bertz CT molecular complexity index is 708. The van der Waals surface area contributed by atoms with E-state index in [4.69, 9.17) is 0 Å². The molecular weight excluding hydrogens is 360 g/mol. The van der Waals surface area contributed by atoms with Crippen molar-refractivity contribution in [2.75, 3.05) is 0 Å². The average molecular weight is 399 g/mol. The summed E-state index contributed by atoms with van der Waals surface area (Å²) in [6, 6.07) is 5.73. The highest BCUT2D eigenvalue weighted by Crippen LogP contribution is 2.41. The largest absolute Gasteiger partial charge is 0.347 e. The molecule has 0 spiro atoms. The van der Waals surface area contributed by atoms with Crippen LogP contribution < -0.4 is 5.32 Å². The normalized spacial score (nSPS) is 20.2. The molecule has 0 radical (unpaired) electrons. The second-order valence-corrected chi connectivity index (χ2v) is 14.9. The van der Waals surface area contributed by atoms with E-state index < -0.39 is 8.07 Å². The summed E-state index contributed by atoms with van der Waals surface area (Å²) in [5.74, 6) is 3.89. The maximum Gasteiger partial charge on any atom is 0.270 e. The van der Waals surface area contributed by atoms with Gasteiger partial charge in [0.05, 0.1) is 0 Å². The van der Waals surface area contributed by atoms with E-state index >= 15 is 0 Å². The highest BCUT2D eigenvalue weighted by Gasteiger charge is 2.42. The van der Waals surface area contributed by atoms with Gasteiger partial charge >= 0.3 is 0 Å². The number of pyridine rings is 1. The molecule has 1 aromatic heterocycles. The summed E-state index contributed by atoms with van der Waals surface area (Å²) in [6.07, 6.45) is 4.45. The van der Waals surface area contributed by atoms with Crippen LogP contribution in [-0.2, 0) is 0 Å². The van der Waals surface area contributed by atoms with Crippen molar-refractivity contribution in [3.05, 3.63) is 29.6 Å². The Hall–Kier alpha value is -1.60. The number of hydrogen-bond donors (Lipinski definition) is 1. The minimum absolute atomic E-state index is 0.0671. The molecule has 1 aliphatic carbocycles. The minimum atomic E-state index is -1.74. The van der Waals surface area contributed by atoms with Crippen molar-refractivity contribution in [3.8, 4) is 11.5 Å². The van der Waals surface area contributed by atoms with Crippen LogP contribution in [0.1, 0.15) is 83.4 Å². The SMILES string of the molecule is Cc1cccc(C(=O)NC2CCCCC2C#C[Si](C(C)C)(C(C)C)C(C)C)n1. The van der Waals surface area contributed by atoms with Gasteiger partial charge in [0.1, 0.15) is 13.8 Å². The maximum atomic E-state index is 12.7. The van der Waals surface area contributed by atoms with Crippen LogP contribution in [0.25, 0.3) is 0 Å². The zero-order chi connectivity index (χ0) is 20.9. The molecule has 0 saturated heterocycles. The topological polar surface area (TPSA) is 42.0 Å². The van der Waals surface area contributed by atoms with Crippen molar-refractivity contribution in [3.63, 3.8) is 0 Å². The number of aromatic nitrogens is 1. The van der Waals surface area contributed by atoms with E-state index in [2.05, 4.69) is 63.3 Å². The lowest BCUT2D eigenvalue weighted by Crippen LogP contribution is -2.45. The molecular formula is C24H38N2OSi. The summed E-state index contributed by atoms with van der Waals surface area (Å²) in [4.78, 5) is 17.1. The van der Waals surface area contributed by atoms with E-state index in [1.54, 1.807) is 6.07 Å². The van der Waals surface area contributed by atoms with Crippen molar-refractivity contribution >= 4 is 14.0 Å². The van der Waals surface area contributed by atoms with E-state index in [9.17, 15) is 4.79 Å². The Balaban J connectivity index is 2.24. The lowest BCUT2D eigenvalue weighted by molar-refractivity contribution is 0.0912. The zero-order valence-electron chi connectivity index (χ0n) is 18.8. The quantitative estimate of drug-likeness (QED) is 0.495. The van der Waals surface area contributed by atoms with Gasteiger partial charge in [-0.15, -0.1) is 11.5 Å². The molecule has 1 N–H and O–H groups in total. The van der Waals surface area contributed by atoms with Gasteiger partial charge in [0.25, 0.3) is 5.91 Å². The molecule has 1 heterocycles. The Morgan fingerprint density at radius 2 is 1.68 bits per heavy atom. The molecule has 154 valence electrons. The molecule has 1 saturated carbocycles. The highest BCUT2D eigenvalue weighted by molar-refractivity contribution is 6.90. The monoisotopic (exact) mass is 398 g/mol. The van der Waals surface area contributed by atoms with Crippen molar-refractivity contribution in [1.29, 1.82) is 0 Å². The van der Waals surface area contributed by atoms with Gasteiger partial charge in [-0.2, -0.15) is 0 Å². The molecule has 28 heavy (non-hydrogen) atoms. The highest BCUT2D eigenvalue weighted by atomic mass is 28.3. The Labute approximate surface area is 173 Å². The Kier molecular flexibility index (Phi) is 7.89. The van der Waals surface area contributed by atoms with Gasteiger partial charge < -0.3 is 5.32 Å². The molecule has 4 heteroatoms. The standard InChI is InChI=1S/C24H38N2OSi/c1-17(2)28(18(3)4,19(5)6)16-15-21-12-8-9-13-22(21)26-24(27)23-14-10-11-20(7)25-23/h10-11,14,17-19,21-22H,8-9,12-13H2,1-7H3,(H,26,27). The third-order valence-corrected chi connectivity index (χ3v) is 12.9. The minimum Gasteiger partial charge on any atom is -0.347 e. The first-order valence-electron chi connectivity index (χ1n) is 11.0. The summed E-state index contributed by atoms with van der Waals surface area (Å²) >= 11 is 0. The molecule has 2 rings (SSSR count). The molecule has 0 aromatic carbocycles. The zero-order valence-corrected chi connectivity index (χ0v) is 19.8. The number of nitrogens with zero attached hydrogens (tertiary/aromatic N) is 1. The van der Waals surface area contributed by atoms with Gasteiger partial charge in [0, 0.05) is 17.7 Å². The third kappa shape index (κ3) is 5.06. The van der Waals surface area contributed by atoms with Crippen LogP contribution >= 0.6 is 0 Å². The van der Waals surface area contributed by atoms with Crippen LogP contribution in [0, 0.1) is 24.3 Å². The Morgan fingerprint density at radius 1 is 1.07 bits per heavy atom. The second kappa shape index (κ2) is 9.74. The maximum absolute atomic E-state index is 12.7. The molecule has 1 fully saturated rings. The number of aryl methyl sites for hydroxylation is 1. The first-order chi connectivity index (χ1) is 13.2. The van der Waals surface area contributed by atoms with Crippen LogP contribution in [0.4, 0.5) is 0 Å². The first-order valence-corrected chi connectivity index (χ1v) is 13.2. The number of nitrogens with one attached hydrogen (secondary N) is 1. The third-order valence-electron chi connectivity index (χ3n) is 6.54. The summed E-state index contributed by atoms with van der Waals surface area (Å²) < 4.78 is 0. The van der Waals surface area contributed by atoms with E-state index in [1.165, 1.54) is 6.42 Å². The number of amides is 1. The van der Waals surface area contributed by atoms with Gasteiger partial charge in [0.2, 0.25) is 0 Å². The van der Waals surface area contributed by atoms with Crippen molar-refractivity contribution < 1.29 is 4.79 Å². The lowest BCUT2D eigenvalue weighted by atomic mass is 9.85. The van der Waals surface area contributed by atoms with Gasteiger partial charge in [-0.3, -0.25) is 4.79 Å². The second-order valence-electron chi connectivity index (χ2n) is 9.30. The van der Waals surface area contributed by atoms with Crippen LogP contribution in [-0.4, -0.2) is 25.0 Å². The van der Waals surface area contributed by atoms with E-state index in [0.29, 0.717) is 22.3 Å². The van der Waals surface area contributed by atoms with Crippen LogP contribution in [0.15, 0.2) is 18.2 Å². The van der Waals surface area contributed by atoms with E-state index in [-0.39, 0.29) is 17.9 Å². The van der Waals surface area contributed by atoms with Crippen molar-refractivity contribution in [1.82, 2.24) is 10.3 Å². The van der Waals surface area contributed by atoms with E-state index in [1.807, 2.05) is 19.1 Å². The molecule has 2 unspecified atom stereocenters. The van der Waals surface area contributed by atoms with Gasteiger partial charge in [-0.05, 0) is 48.5 Å². The predicted molar refractivity (Wildman–Crippen MR) is 121 cm³/mol. The van der Waals surface area contributed by atoms with Gasteiger partial charge in [-0.1, -0.05) is 60.5 Å². The average Bonchev–Trinajstić information content (AvgIpc) is 2.62. The summed E-state index contributed by atoms with van der Waals surface area (Å²) in [5.41, 5.74) is 7.15. The number of carbonyl (C=O) groups is 1. The fraction of sp³-hybridized carbons (Fsp3) is 0.667. The lowest BCUT2D eigenvalue weighted by Gasteiger charge is -2.38.